The molecule has 6 heteroatoms. The summed E-state index contributed by atoms with van der Waals surface area (Å²) in [6.07, 6.45) is 0.800. The van der Waals surface area contributed by atoms with E-state index in [1.54, 1.807) is 0 Å². The predicted octanol–water partition coefficient (Wildman–Crippen LogP) is 1.79. The van der Waals surface area contributed by atoms with Gasteiger partial charge >= 0.3 is 0 Å². The van der Waals surface area contributed by atoms with Crippen LogP contribution in [0.15, 0.2) is 54.6 Å². The van der Waals surface area contributed by atoms with Crippen molar-refractivity contribution in [2.75, 3.05) is 26.2 Å². The van der Waals surface area contributed by atoms with E-state index in [0.29, 0.717) is 25.3 Å². The van der Waals surface area contributed by atoms with E-state index in [4.69, 9.17) is 5.11 Å². The van der Waals surface area contributed by atoms with Gasteiger partial charge < -0.3 is 15.7 Å². The number of aliphatic hydroxyl groups is 1. The van der Waals surface area contributed by atoms with Crippen LogP contribution in [0.3, 0.4) is 0 Å². The zero-order valence-electron chi connectivity index (χ0n) is 14.7. The SMILES string of the molecule is O=C(NCCCNCCO)c1nn(Cc2ccccc2)c2ccccc12. The van der Waals surface area contributed by atoms with Gasteiger partial charge in [-0.05, 0) is 24.6 Å². The summed E-state index contributed by atoms with van der Waals surface area (Å²) in [7, 11) is 0. The number of aliphatic hydroxyl groups excluding tert-OH is 1. The first-order chi connectivity index (χ1) is 12.8. The molecule has 3 N–H and O–H groups in total. The van der Waals surface area contributed by atoms with Crippen molar-refractivity contribution in [2.45, 2.75) is 13.0 Å². The summed E-state index contributed by atoms with van der Waals surface area (Å²) >= 11 is 0. The van der Waals surface area contributed by atoms with E-state index in [1.165, 1.54) is 0 Å². The lowest BCUT2D eigenvalue weighted by Gasteiger charge is -2.05. The minimum absolute atomic E-state index is 0.122. The third kappa shape index (κ3) is 4.47. The van der Waals surface area contributed by atoms with E-state index in [1.807, 2.05) is 47.1 Å². The fourth-order valence-corrected chi connectivity index (χ4v) is 2.88. The summed E-state index contributed by atoms with van der Waals surface area (Å²) < 4.78 is 1.88. The smallest absolute Gasteiger partial charge is 0.272 e. The van der Waals surface area contributed by atoms with Crippen LogP contribution in [-0.4, -0.2) is 47.0 Å². The Hall–Kier alpha value is -2.70. The molecule has 1 amide bonds. The van der Waals surface area contributed by atoms with Crippen molar-refractivity contribution in [3.63, 3.8) is 0 Å². The fraction of sp³-hybridized carbons (Fsp3) is 0.300. The Morgan fingerprint density at radius 2 is 1.77 bits per heavy atom. The lowest BCUT2D eigenvalue weighted by Crippen LogP contribution is -2.28. The fourth-order valence-electron chi connectivity index (χ4n) is 2.88. The first-order valence-corrected chi connectivity index (χ1v) is 8.89. The molecule has 26 heavy (non-hydrogen) atoms. The third-order valence-corrected chi connectivity index (χ3v) is 4.15. The van der Waals surface area contributed by atoms with Crippen LogP contribution in [0, 0.1) is 0 Å². The maximum absolute atomic E-state index is 12.6. The molecule has 3 aromatic rings. The molecule has 6 nitrogen and oxygen atoms in total. The molecule has 2 aromatic carbocycles. The molecule has 0 saturated heterocycles. The van der Waals surface area contributed by atoms with Gasteiger partial charge in [-0.15, -0.1) is 0 Å². The van der Waals surface area contributed by atoms with Gasteiger partial charge in [0.15, 0.2) is 5.69 Å². The van der Waals surface area contributed by atoms with Crippen LogP contribution in [0.1, 0.15) is 22.5 Å². The van der Waals surface area contributed by atoms with Gasteiger partial charge in [-0.1, -0.05) is 48.5 Å². The quantitative estimate of drug-likeness (QED) is 0.513. The highest BCUT2D eigenvalue weighted by molar-refractivity contribution is 6.04. The number of nitrogens with zero attached hydrogens (tertiary/aromatic N) is 2. The van der Waals surface area contributed by atoms with Gasteiger partial charge in [0.2, 0.25) is 0 Å². The topological polar surface area (TPSA) is 79.2 Å². The van der Waals surface area contributed by atoms with Crippen LogP contribution in [0.25, 0.3) is 10.9 Å². The summed E-state index contributed by atoms with van der Waals surface area (Å²) in [5, 5.41) is 20.2. The average molecular weight is 352 g/mol. The second-order valence-electron chi connectivity index (χ2n) is 6.09. The molecule has 3 rings (SSSR count). The van der Waals surface area contributed by atoms with E-state index in [0.717, 1.165) is 29.4 Å². The minimum atomic E-state index is -0.157. The van der Waals surface area contributed by atoms with Gasteiger partial charge in [0.05, 0.1) is 18.7 Å². The highest BCUT2D eigenvalue weighted by atomic mass is 16.3. The number of carbonyl (C=O) groups is 1. The molecule has 0 spiro atoms. The van der Waals surface area contributed by atoms with Crippen molar-refractivity contribution < 1.29 is 9.90 Å². The number of amides is 1. The summed E-state index contributed by atoms with van der Waals surface area (Å²) in [5.74, 6) is -0.157. The summed E-state index contributed by atoms with van der Waals surface area (Å²) in [6.45, 7) is 2.64. The van der Waals surface area contributed by atoms with Gasteiger partial charge in [-0.2, -0.15) is 5.10 Å². The lowest BCUT2D eigenvalue weighted by molar-refractivity contribution is 0.0949. The highest BCUT2D eigenvalue weighted by Gasteiger charge is 2.16. The number of hydrogen-bond donors (Lipinski definition) is 3. The van der Waals surface area contributed by atoms with Gasteiger partial charge in [-0.25, -0.2) is 0 Å². The number of hydrogen-bond acceptors (Lipinski definition) is 4. The Kier molecular flexibility index (Phi) is 6.35. The van der Waals surface area contributed by atoms with Crippen molar-refractivity contribution in [1.29, 1.82) is 0 Å². The number of nitrogens with one attached hydrogen (secondary N) is 2. The summed E-state index contributed by atoms with van der Waals surface area (Å²) in [4.78, 5) is 12.6. The molecular weight excluding hydrogens is 328 g/mol. The molecule has 136 valence electrons. The van der Waals surface area contributed by atoms with Crippen molar-refractivity contribution in [1.82, 2.24) is 20.4 Å². The largest absolute Gasteiger partial charge is 0.395 e. The van der Waals surface area contributed by atoms with Crippen LogP contribution < -0.4 is 10.6 Å². The van der Waals surface area contributed by atoms with Gasteiger partial charge in [-0.3, -0.25) is 9.48 Å². The van der Waals surface area contributed by atoms with Crippen LogP contribution in [0.5, 0.6) is 0 Å². The summed E-state index contributed by atoms with van der Waals surface area (Å²) in [5.41, 5.74) is 2.55. The van der Waals surface area contributed by atoms with Gasteiger partial charge in [0, 0.05) is 18.5 Å². The Bertz CT molecular complexity index is 845. The minimum Gasteiger partial charge on any atom is -0.395 e. The number of benzene rings is 2. The number of carbonyl (C=O) groups excluding carboxylic acids is 1. The molecular formula is C20H24N4O2. The van der Waals surface area contributed by atoms with Crippen molar-refractivity contribution in [2.24, 2.45) is 0 Å². The molecule has 0 aliphatic carbocycles. The molecule has 1 aromatic heterocycles. The predicted molar refractivity (Wildman–Crippen MR) is 102 cm³/mol. The van der Waals surface area contributed by atoms with Crippen molar-refractivity contribution in [3.05, 3.63) is 65.9 Å². The zero-order chi connectivity index (χ0) is 18.2. The van der Waals surface area contributed by atoms with Crippen molar-refractivity contribution in [3.8, 4) is 0 Å². The first kappa shape index (κ1) is 18.1. The van der Waals surface area contributed by atoms with Crippen LogP contribution in [0.2, 0.25) is 0 Å². The molecule has 0 radical (unpaired) electrons. The lowest BCUT2D eigenvalue weighted by atomic mass is 10.2. The number of aromatic nitrogens is 2. The second-order valence-corrected chi connectivity index (χ2v) is 6.09. The number of para-hydroxylation sites is 1. The Labute approximate surface area is 152 Å². The van der Waals surface area contributed by atoms with E-state index in [-0.39, 0.29) is 12.5 Å². The second kappa shape index (κ2) is 9.12. The monoisotopic (exact) mass is 352 g/mol. The molecule has 0 unspecified atom stereocenters. The molecule has 0 aliphatic rings. The van der Waals surface area contributed by atoms with E-state index in [2.05, 4.69) is 27.9 Å². The third-order valence-electron chi connectivity index (χ3n) is 4.15. The molecule has 0 fully saturated rings. The van der Waals surface area contributed by atoms with Crippen LogP contribution in [0.4, 0.5) is 0 Å². The van der Waals surface area contributed by atoms with Crippen LogP contribution >= 0.6 is 0 Å². The molecule has 0 bridgehead atoms. The maximum atomic E-state index is 12.6. The van der Waals surface area contributed by atoms with E-state index in [9.17, 15) is 4.79 Å². The van der Waals surface area contributed by atoms with Gasteiger partial charge in [0.25, 0.3) is 5.91 Å². The Morgan fingerprint density at radius 3 is 2.58 bits per heavy atom. The van der Waals surface area contributed by atoms with Crippen molar-refractivity contribution >= 4 is 16.8 Å². The average Bonchev–Trinajstić information content (AvgIpc) is 3.04. The highest BCUT2D eigenvalue weighted by Crippen LogP contribution is 2.19. The molecule has 0 saturated carbocycles. The van der Waals surface area contributed by atoms with Crippen LogP contribution in [-0.2, 0) is 6.54 Å². The Balaban J connectivity index is 1.71. The van der Waals surface area contributed by atoms with E-state index >= 15 is 0 Å². The standard InChI is InChI=1S/C20H24N4O2/c25-14-13-21-11-6-12-22-20(26)19-17-9-4-5-10-18(17)24(23-19)15-16-7-2-1-3-8-16/h1-5,7-10,21,25H,6,11-15H2,(H,22,26). The molecule has 0 atom stereocenters. The summed E-state index contributed by atoms with van der Waals surface area (Å²) in [6, 6.07) is 17.9. The first-order valence-electron chi connectivity index (χ1n) is 8.89. The normalized spacial score (nSPS) is 11.0. The molecule has 0 aliphatic heterocycles. The Morgan fingerprint density at radius 1 is 1.00 bits per heavy atom. The molecule has 1 heterocycles. The number of rotatable bonds is 9. The zero-order valence-corrected chi connectivity index (χ0v) is 14.7. The van der Waals surface area contributed by atoms with E-state index < -0.39 is 0 Å². The van der Waals surface area contributed by atoms with Gasteiger partial charge in [0.1, 0.15) is 0 Å². The maximum Gasteiger partial charge on any atom is 0.272 e. The number of fused-ring (bicyclic) bond motifs is 1.